The van der Waals surface area contributed by atoms with Gasteiger partial charge < -0.3 is 30.2 Å². The summed E-state index contributed by atoms with van der Waals surface area (Å²) in [5.41, 5.74) is 7.27. The first-order valence-electron chi connectivity index (χ1n) is 16.8. The number of amides is 1. The molecule has 14 heteroatoms. The zero-order chi connectivity index (χ0) is 34.7. The lowest BCUT2D eigenvalue weighted by atomic mass is 9.96. The lowest BCUT2D eigenvalue weighted by Gasteiger charge is -2.37. The van der Waals surface area contributed by atoms with Crippen molar-refractivity contribution in [1.29, 1.82) is 0 Å². The molecule has 2 saturated heterocycles. The molecule has 2 fully saturated rings. The number of benzene rings is 2. The van der Waals surface area contributed by atoms with Gasteiger partial charge in [-0.05, 0) is 77.7 Å². The van der Waals surface area contributed by atoms with E-state index in [4.69, 9.17) is 36.5 Å². The number of nitrogen functional groups attached to an aromatic ring is 1. The predicted octanol–water partition coefficient (Wildman–Crippen LogP) is 6.47. The van der Waals surface area contributed by atoms with Crippen LogP contribution in [0, 0.1) is 18.6 Å². The van der Waals surface area contributed by atoms with Gasteiger partial charge in [0.1, 0.15) is 36.0 Å². The number of hydrogen-bond donors (Lipinski definition) is 2. The van der Waals surface area contributed by atoms with Crippen LogP contribution in [0.1, 0.15) is 52.0 Å². The molecule has 4 atom stereocenters. The van der Waals surface area contributed by atoms with Gasteiger partial charge in [0.2, 0.25) is 5.91 Å². The third-order valence-corrected chi connectivity index (χ3v) is 11.4. The molecule has 2 aromatic carbocycles. The first kappa shape index (κ1) is 34.0. The average molecular weight is 715 g/mol. The first-order valence-corrected chi connectivity index (χ1v) is 18.0. The quantitative estimate of drug-likeness (QED) is 0.222. The molecule has 0 radical (unpaired) electrons. The van der Waals surface area contributed by atoms with Gasteiger partial charge in [0.25, 0.3) is 0 Å². The zero-order valence-electron chi connectivity index (χ0n) is 28.2. The SMILES string of the molecule is Cc1c(N)sc2c(F)ccc(-c3c(Cl)c4c5c(nc(O[C@@H](C)[C@@H]6CCCN6C)nc5c3F)N(C3CCOC(C(=O)NC(C)C)C3)CCO4)c12. The molecule has 4 aromatic rings. The maximum absolute atomic E-state index is 17.3. The number of carbonyl (C=O) groups is 1. The number of thiophene rings is 1. The number of rotatable bonds is 7. The van der Waals surface area contributed by atoms with Crippen molar-refractivity contribution >= 4 is 60.7 Å². The number of nitrogens with two attached hydrogens (primary N) is 1. The van der Waals surface area contributed by atoms with Gasteiger partial charge in [-0.15, -0.1) is 11.3 Å². The Labute approximate surface area is 292 Å². The summed E-state index contributed by atoms with van der Waals surface area (Å²) in [6, 6.07) is 2.78. The fraction of sp³-hybridized carbons (Fsp3) is 0.514. The Kier molecular flexibility index (Phi) is 9.22. The molecule has 2 unspecified atom stereocenters. The molecule has 3 aliphatic heterocycles. The van der Waals surface area contributed by atoms with E-state index in [1.807, 2.05) is 25.7 Å². The summed E-state index contributed by atoms with van der Waals surface area (Å²) in [6.07, 6.45) is 2.11. The van der Waals surface area contributed by atoms with Crippen LogP contribution in [0.3, 0.4) is 0 Å². The lowest BCUT2D eigenvalue weighted by molar-refractivity contribution is -0.136. The van der Waals surface area contributed by atoms with Crippen LogP contribution in [-0.2, 0) is 9.53 Å². The Hall–Kier alpha value is -3.52. The van der Waals surface area contributed by atoms with Gasteiger partial charge in [-0.25, -0.2) is 8.78 Å². The van der Waals surface area contributed by atoms with E-state index in [9.17, 15) is 4.79 Å². The van der Waals surface area contributed by atoms with Crippen molar-refractivity contribution in [3.8, 4) is 22.9 Å². The molecule has 7 rings (SSSR count). The summed E-state index contributed by atoms with van der Waals surface area (Å²) in [6.45, 7) is 9.49. The van der Waals surface area contributed by atoms with Gasteiger partial charge in [0, 0.05) is 42.1 Å². The summed E-state index contributed by atoms with van der Waals surface area (Å²) in [7, 11) is 2.06. The Morgan fingerprint density at radius 3 is 2.69 bits per heavy atom. The number of hydrogen-bond acceptors (Lipinski definition) is 10. The van der Waals surface area contributed by atoms with Crippen molar-refractivity contribution in [2.45, 2.75) is 83.7 Å². The maximum Gasteiger partial charge on any atom is 0.319 e. The van der Waals surface area contributed by atoms with E-state index in [-0.39, 0.29) is 64.6 Å². The van der Waals surface area contributed by atoms with Crippen LogP contribution in [0.15, 0.2) is 12.1 Å². The zero-order valence-corrected chi connectivity index (χ0v) is 29.8. The molecule has 0 aliphatic carbocycles. The molecule has 262 valence electrons. The van der Waals surface area contributed by atoms with Crippen LogP contribution >= 0.6 is 22.9 Å². The van der Waals surface area contributed by atoms with Crippen LogP contribution in [0.25, 0.3) is 32.1 Å². The molecule has 0 bridgehead atoms. The highest BCUT2D eigenvalue weighted by Gasteiger charge is 2.38. The highest BCUT2D eigenvalue weighted by molar-refractivity contribution is 7.23. The van der Waals surface area contributed by atoms with Crippen molar-refractivity contribution in [3.05, 3.63) is 34.4 Å². The molecule has 49 heavy (non-hydrogen) atoms. The van der Waals surface area contributed by atoms with Crippen LogP contribution in [0.2, 0.25) is 5.02 Å². The molecular weight excluding hydrogens is 674 g/mol. The number of likely N-dealkylation sites (tertiary alicyclic amines) is 1. The number of anilines is 2. The molecule has 1 amide bonds. The number of likely N-dealkylation sites (N-methyl/N-ethyl adjacent to an activating group) is 1. The first-order chi connectivity index (χ1) is 23.4. The number of fused-ring (bicyclic) bond motifs is 1. The molecule has 2 aromatic heterocycles. The smallest absolute Gasteiger partial charge is 0.319 e. The van der Waals surface area contributed by atoms with Gasteiger partial charge in [-0.1, -0.05) is 17.7 Å². The highest BCUT2D eigenvalue weighted by Crippen LogP contribution is 2.51. The summed E-state index contributed by atoms with van der Waals surface area (Å²) in [5, 5.41) is 4.22. The van der Waals surface area contributed by atoms with E-state index in [0.717, 1.165) is 30.7 Å². The third kappa shape index (κ3) is 6.02. The van der Waals surface area contributed by atoms with Crippen molar-refractivity contribution in [1.82, 2.24) is 20.2 Å². The number of nitrogens with one attached hydrogen (secondary N) is 1. The number of halogens is 3. The second-order valence-corrected chi connectivity index (χ2v) is 15.0. The Bertz CT molecular complexity index is 1940. The van der Waals surface area contributed by atoms with Gasteiger partial charge in [0.15, 0.2) is 11.6 Å². The number of ether oxygens (including phenoxy) is 3. The van der Waals surface area contributed by atoms with Gasteiger partial charge in [-0.3, -0.25) is 9.69 Å². The fourth-order valence-electron chi connectivity index (χ4n) is 7.52. The molecule has 0 spiro atoms. The minimum Gasteiger partial charge on any atom is -0.489 e. The van der Waals surface area contributed by atoms with Crippen molar-refractivity contribution < 1.29 is 27.8 Å². The largest absolute Gasteiger partial charge is 0.489 e. The van der Waals surface area contributed by atoms with Gasteiger partial charge in [-0.2, -0.15) is 9.97 Å². The monoisotopic (exact) mass is 714 g/mol. The van der Waals surface area contributed by atoms with Gasteiger partial charge in [0.05, 0.1) is 26.7 Å². The van der Waals surface area contributed by atoms with Crippen LogP contribution < -0.4 is 25.4 Å². The highest BCUT2D eigenvalue weighted by atomic mass is 35.5. The normalized spacial score (nSPS) is 22.1. The minimum absolute atomic E-state index is 0.0206. The predicted molar refractivity (Wildman–Crippen MR) is 189 cm³/mol. The van der Waals surface area contributed by atoms with Crippen molar-refractivity contribution in [3.63, 3.8) is 0 Å². The van der Waals surface area contributed by atoms with E-state index in [1.165, 1.54) is 12.1 Å². The van der Waals surface area contributed by atoms with E-state index >= 15 is 8.78 Å². The van der Waals surface area contributed by atoms with Crippen molar-refractivity contribution in [2.75, 3.05) is 44.0 Å². The lowest BCUT2D eigenvalue weighted by Crippen LogP contribution is -2.49. The molecular formula is C35H41ClF2N6O4S. The van der Waals surface area contributed by atoms with Crippen LogP contribution in [0.4, 0.5) is 19.6 Å². The molecule has 10 nitrogen and oxygen atoms in total. The molecule has 0 saturated carbocycles. The van der Waals surface area contributed by atoms with E-state index in [1.54, 1.807) is 6.92 Å². The third-order valence-electron chi connectivity index (χ3n) is 9.96. The Balaban J connectivity index is 1.41. The van der Waals surface area contributed by atoms with E-state index in [0.29, 0.717) is 63.4 Å². The molecule has 3 aliphatic rings. The molecule has 5 heterocycles. The standard InChI is InChI=1S/C35H41ClF2N6O4S/c1-16(2)40-34(45)23-15-19(10-13-46-23)44-12-14-47-30-26-29(41-35(42-33(26)44)48-18(4)22-7-6-11-43(22)5)28(38)25(27(30)36)20-8-9-21(37)31-24(20)17(3)32(39)49-31/h8-9,16,18-19,22-23H,6-7,10-15,39H2,1-5H3,(H,40,45)/t18-,19?,22-,23?/m0/s1. The fourth-order valence-corrected chi connectivity index (χ4v) is 8.86. The summed E-state index contributed by atoms with van der Waals surface area (Å²) in [5.74, 6) is -0.672. The average Bonchev–Trinajstić information content (AvgIpc) is 3.57. The summed E-state index contributed by atoms with van der Waals surface area (Å²) >= 11 is 8.22. The van der Waals surface area contributed by atoms with E-state index in [2.05, 4.69) is 22.2 Å². The van der Waals surface area contributed by atoms with Crippen LogP contribution in [0.5, 0.6) is 11.8 Å². The maximum atomic E-state index is 17.3. The number of aryl methyl sites for hydroxylation is 1. The number of carbonyl (C=O) groups excluding carboxylic acids is 1. The van der Waals surface area contributed by atoms with Crippen molar-refractivity contribution in [2.24, 2.45) is 0 Å². The summed E-state index contributed by atoms with van der Waals surface area (Å²) in [4.78, 5) is 26.9. The second kappa shape index (κ2) is 13.3. The van der Waals surface area contributed by atoms with E-state index < -0.39 is 17.7 Å². The van der Waals surface area contributed by atoms with Gasteiger partial charge >= 0.3 is 6.01 Å². The summed E-state index contributed by atoms with van der Waals surface area (Å²) < 4.78 is 51.2. The molecule has 3 N–H and O–H groups in total. The Morgan fingerprint density at radius 1 is 1.16 bits per heavy atom. The number of aromatic nitrogens is 2. The second-order valence-electron chi connectivity index (χ2n) is 13.5. The minimum atomic E-state index is -0.702. The number of nitrogens with zero attached hydrogens (tertiary/aromatic N) is 4. The van der Waals surface area contributed by atoms with Crippen LogP contribution in [-0.4, -0.2) is 84.5 Å². The Morgan fingerprint density at radius 2 is 1.96 bits per heavy atom. The topological polar surface area (TPSA) is 115 Å².